The maximum atomic E-state index is 12.3. The average Bonchev–Trinajstić information content (AvgIpc) is 3.32. The zero-order valence-corrected chi connectivity index (χ0v) is 16.8. The molecule has 2 amide bonds. The molecule has 4 atom stereocenters. The van der Waals surface area contributed by atoms with Gasteiger partial charge in [0.05, 0.1) is 18.2 Å². The zero-order valence-electron chi connectivity index (χ0n) is 16.8. The van der Waals surface area contributed by atoms with Gasteiger partial charge in [-0.1, -0.05) is 20.8 Å². The van der Waals surface area contributed by atoms with Crippen LogP contribution in [0.25, 0.3) is 0 Å². The van der Waals surface area contributed by atoms with E-state index in [1.54, 1.807) is 0 Å². The van der Waals surface area contributed by atoms with E-state index in [0.29, 0.717) is 36.9 Å². The summed E-state index contributed by atoms with van der Waals surface area (Å²) in [5, 5.41) is 3.05. The zero-order chi connectivity index (χ0) is 19.2. The first-order valence-corrected chi connectivity index (χ1v) is 10.3. The van der Waals surface area contributed by atoms with E-state index in [4.69, 9.17) is 9.47 Å². The normalized spacial score (nSPS) is 35.6. The first-order chi connectivity index (χ1) is 12.8. The Bertz CT molecular complexity index is 605. The summed E-state index contributed by atoms with van der Waals surface area (Å²) in [6.45, 7) is 11.7. The predicted molar refractivity (Wildman–Crippen MR) is 100 cm³/mol. The second-order valence-corrected chi connectivity index (χ2v) is 9.92. The van der Waals surface area contributed by atoms with Gasteiger partial charge in [-0.05, 0) is 31.2 Å². The minimum atomic E-state index is -0.391. The number of hydrogen-bond donors (Lipinski definition) is 1. The molecule has 0 aromatic rings. The highest BCUT2D eigenvalue weighted by Gasteiger charge is 2.62. The number of carbonyl (C=O) groups excluding carboxylic acids is 2. The molecule has 4 aliphatic heterocycles. The van der Waals surface area contributed by atoms with E-state index in [2.05, 4.69) is 31.0 Å². The van der Waals surface area contributed by atoms with Crippen molar-refractivity contribution >= 4 is 12.0 Å². The molecule has 7 heteroatoms. The van der Waals surface area contributed by atoms with Crippen LogP contribution in [0.5, 0.6) is 0 Å². The topological polar surface area (TPSA) is 71.1 Å². The maximum absolute atomic E-state index is 12.3. The quantitative estimate of drug-likeness (QED) is 0.757. The molecule has 4 aliphatic rings. The van der Waals surface area contributed by atoms with Crippen molar-refractivity contribution < 1.29 is 19.1 Å². The first-order valence-electron chi connectivity index (χ1n) is 10.3. The third-order valence-corrected chi connectivity index (χ3v) is 6.75. The van der Waals surface area contributed by atoms with Gasteiger partial charge >= 0.3 is 6.09 Å². The van der Waals surface area contributed by atoms with Gasteiger partial charge in [0.1, 0.15) is 13.2 Å². The number of nitrogens with one attached hydrogen (secondary N) is 1. The molecule has 0 aliphatic carbocycles. The molecule has 4 saturated heterocycles. The van der Waals surface area contributed by atoms with Gasteiger partial charge in [0, 0.05) is 31.5 Å². The van der Waals surface area contributed by atoms with E-state index < -0.39 is 6.09 Å². The summed E-state index contributed by atoms with van der Waals surface area (Å²) in [6.07, 6.45) is 3.32. The number of rotatable bonds is 6. The van der Waals surface area contributed by atoms with Gasteiger partial charge in [-0.25, -0.2) is 4.79 Å². The van der Waals surface area contributed by atoms with Gasteiger partial charge in [-0.3, -0.25) is 9.69 Å². The Kier molecular flexibility index (Phi) is 4.87. The number of hydrogen-bond acceptors (Lipinski definition) is 5. The van der Waals surface area contributed by atoms with E-state index in [-0.39, 0.29) is 24.2 Å². The van der Waals surface area contributed by atoms with Crippen LogP contribution in [0.4, 0.5) is 4.79 Å². The Morgan fingerprint density at radius 2 is 2.19 bits per heavy atom. The molecule has 1 N–H and O–H groups in total. The minimum Gasteiger partial charge on any atom is -0.448 e. The molecule has 0 radical (unpaired) electrons. The van der Waals surface area contributed by atoms with Crippen LogP contribution in [0.1, 0.15) is 40.0 Å². The van der Waals surface area contributed by atoms with E-state index in [9.17, 15) is 9.59 Å². The lowest BCUT2D eigenvalue weighted by Crippen LogP contribution is -2.44. The summed E-state index contributed by atoms with van der Waals surface area (Å²) in [6, 6.07) is 0. The highest BCUT2D eigenvalue weighted by atomic mass is 16.6. The number of carbonyl (C=O) groups is 2. The summed E-state index contributed by atoms with van der Waals surface area (Å²) < 4.78 is 11.3. The molecule has 0 saturated carbocycles. The van der Waals surface area contributed by atoms with Crippen molar-refractivity contribution in [2.24, 2.45) is 17.3 Å². The lowest BCUT2D eigenvalue weighted by Gasteiger charge is -2.29. The van der Waals surface area contributed by atoms with Crippen LogP contribution < -0.4 is 5.32 Å². The molecule has 0 aromatic heterocycles. The number of likely N-dealkylation sites (tertiary alicyclic amines) is 1. The second-order valence-electron chi connectivity index (χ2n) is 9.92. The fraction of sp³-hybridized carbons (Fsp3) is 0.900. The van der Waals surface area contributed by atoms with Crippen molar-refractivity contribution in [2.45, 2.75) is 51.7 Å². The molecule has 2 bridgehead atoms. The van der Waals surface area contributed by atoms with Crippen molar-refractivity contribution in [3.05, 3.63) is 0 Å². The Labute approximate surface area is 161 Å². The number of cyclic esters (lactones) is 1. The third kappa shape index (κ3) is 3.81. The smallest absolute Gasteiger partial charge is 0.410 e. The Balaban J connectivity index is 1.30. The Morgan fingerprint density at radius 3 is 2.89 bits per heavy atom. The van der Waals surface area contributed by atoms with Crippen molar-refractivity contribution in [1.82, 2.24) is 15.1 Å². The van der Waals surface area contributed by atoms with Gasteiger partial charge in [0.15, 0.2) is 0 Å². The summed E-state index contributed by atoms with van der Waals surface area (Å²) in [5.41, 5.74) is 0.356. The van der Waals surface area contributed by atoms with Crippen molar-refractivity contribution in [2.75, 3.05) is 45.9 Å². The van der Waals surface area contributed by atoms with E-state index in [1.807, 2.05) is 0 Å². The molecular formula is C20H33N3O4. The maximum Gasteiger partial charge on any atom is 0.410 e. The van der Waals surface area contributed by atoms with Crippen molar-refractivity contribution in [3.8, 4) is 0 Å². The number of amides is 2. The molecular weight excluding hydrogens is 346 g/mol. The fourth-order valence-electron chi connectivity index (χ4n) is 5.25. The molecule has 0 aromatic carbocycles. The van der Waals surface area contributed by atoms with Crippen LogP contribution in [0.2, 0.25) is 0 Å². The molecule has 7 nitrogen and oxygen atoms in total. The van der Waals surface area contributed by atoms with Crippen LogP contribution >= 0.6 is 0 Å². The molecule has 152 valence electrons. The standard InChI is InChI=1S/C20H33N3O4/c1-19(2,3)6-7-22-11-15-14(16-4-5-20(15,13-22)27-16)10-21-17(24)12-23-8-9-26-18(23)25/h14-16H,4-13H2,1-3H3,(H,21,24)/t14-,15+,16+,20+/m0/s1. The fourth-order valence-corrected chi connectivity index (χ4v) is 5.25. The lowest BCUT2D eigenvalue weighted by atomic mass is 9.73. The molecule has 1 spiro atoms. The van der Waals surface area contributed by atoms with Crippen LogP contribution in [-0.4, -0.2) is 79.4 Å². The van der Waals surface area contributed by atoms with Gasteiger partial charge in [-0.2, -0.15) is 0 Å². The summed E-state index contributed by atoms with van der Waals surface area (Å²) in [7, 11) is 0. The third-order valence-electron chi connectivity index (χ3n) is 6.75. The largest absolute Gasteiger partial charge is 0.448 e. The summed E-state index contributed by atoms with van der Waals surface area (Å²) in [5.74, 6) is 0.786. The van der Waals surface area contributed by atoms with Crippen LogP contribution in [0.3, 0.4) is 0 Å². The molecule has 4 heterocycles. The van der Waals surface area contributed by atoms with Crippen LogP contribution in [0.15, 0.2) is 0 Å². The summed E-state index contributed by atoms with van der Waals surface area (Å²) >= 11 is 0. The lowest BCUT2D eigenvalue weighted by molar-refractivity contribution is -0.121. The first kappa shape index (κ1) is 19.0. The molecule has 4 rings (SSSR count). The van der Waals surface area contributed by atoms with Crippen molar-refractivity contribution in [3.63, 3.8) is 0 Å². The van der Waals surface area contributed by atoms with Gasteiger partial charge in [0.25, 0.3) is 0 Å². The number of nitrogens with zero attached hydrogens (tertiary/aromatic N) is 2. The van der Waals surface area contributed by atoms with Gasteiger partial charge in [0.2, 0.25) is 5.91 Å². The van der Waals surface area contributed by atoms with Crippen molar-refractivity contribution in [1.29, 1.82) is 0 Å². The summed E-state index contributed by atoms with van der Waals surface area (Å²) in [4.78, 5) is 27.8. The Hall–Kier alpha value is -1.34. The van der Waals surface area contributed by atoms with Crippen LogP contribution in [-0.2, 0) is 14.3 Å². The predicted octanol–water partition coefficient (Wildman–Crippen LogP) is 1.47. The minimum absolute atomic E-state index is 0.0106. The highest BCUT2D eigenvalue weighted by Crippen LogP contribution is 2.54. The highest BCUT2D eigenvalue weighted by molar-refractivity contribution is 5.82. The molecule has 27 heavy (non-hydrogen) atoms. The average molecular weight is 380 g/mol. The van der Waals surface area contributed by atoms with Crippen LogP contribution in [0, 0.1) is 17.3 Å². The Morgan fingerprint density at radius 1 is 1.37 bits per heavy atom. The van der Waals surface area contributed by atoms with E-state index in [1.165, 1.54) is 11.3 Å². The monoisotopic (exact) mass is 379 g/mol. The SMILES string of the molecule is CC(C)(C)CCN1C[C@@H]2[C@H](CNC(=O)CN3CCOC3=O)[C@H]3CC[C@]2(C1)O3. The van der Waals surface area contributed by atoms with Gasteiger partial charge < -0.3 is 19.7 Å². The van der Waals surface area contributed by atoms with E-state index in [0.717, 1.165) is 32.5 Å². The van der Waals surface area contributed by atoms with E-state index >= 15 is 0 Å². The molecule has 0 unspecified atom stereocenters. The van der Waals surface area contributed by atoms with Gasteiger partial charge in [-0.15, -0.1) is 0 Å². The second kappa shape index (κ2) is 6.92. The molecule has 4 fully saturated rings. The number of ether oxygens (including phenoxy) is 2. The number of fused-ring (bicyclic) bond motifs is 1.